The number of hydrogen-bond acceptors (Lipinski definition) is 4. The number of nitrogens with zero attached hydrogens (tertiary/aromatic N) is 1. The molecule has 16 heavy (non-hydrogen) atoms. The highest BCUT2D eigenvalue weighted by atomic mass is 14.7. The van der Waals surface area contributed by atoms with Crippen molar-refractivity contribution in [2.24, 2.45) is 0 Å². The number of rotatable bonds is 2. The van der Waals surface area contributed by atoms with Crippen molar-refractivity contribution in [3.05, 3.63) is 35.4 Å². The third kappa shape index (κ3) is 1.71. The monoisotopic (exact) mass is 214 g/mol. The number of benzene rings is 1. The van der Waals surface area contributed by atoms with Crippen LogP contribution in [0.25, 0.3) is 6.08 Å². The molecule has 1 aromatic carbocycles. The molecule has 0 heterocycles. The Bertz CT molecular complexity index is 478. The molecule has 1 aromatic rings. The van der Waals surface area contributed by atoms with Gasteiger partial charge in [0.15, 0.2) is 0 Å². The van der Waals surface area contributed by atoms with Crippen molar-refractivity contribution in [3.63, 3.8) is 0 Å². The second-order valence-electron chi connectivity index (χ2n) is 3.36. The molecule has 0 bridgehead atoms. The third-order valence-electron chi connectivity index (χ3n) is 2.44. The second-order valence-corrected chi connectivity index (χ2v) is 3.36. The minimum Gasteiger partial charge on any atom is -0.397 e. The van der Waals surface area contributed by atoms with Crippen molar-refractivity contribution in [1.82, 2.24) is 0 Å². The zero-order chi connectivity index (χ0) is 12.3. The highest BCUT2D eigenvalue weighted by Crippen LogP contribution is 2.34. The Kier molecular flexibility index (Phi) is 3.21. The molecule has 0 aliphatic carbocycles. The molecule has 0 radical (unpaired) electrons. The van der Waals surface area contributed by atoms with Crippen LogP contribution in [0.3, 0.4) is 0 Å². The number of nitrogens with two attached hydrogens (primary N) is 3. The summed E-state index contributed by atoms with van der Waals surface area (Å²) in [7, 11) is 0. The Morgan fingerprint density at radius 3 is 2.31 bits per heavy atom. The first-order chi connectivity index (χ1) is 7.54. The van der Waals surface area contributed by atoms with Crippen molar-refractivity contribution in [3.8, 4) is 6.07 Å². The lowest BCUT2D eigenvalue weighted by Crippen LogP contribution is -2.06. The van der Waals surface area contributed by atoms with E-state index in [-0.39, 0.29) is 11.3 Å². The van der Waals surface area contributed by atoms with Gasteiger partial charge in [-0.1, -0.05) is 24.8 Å². The highest BCUT2D eigenvalue weighted by Gasteiger charge is 2.14. The van der Waals surface area contributed by atoms with Gasteiger partial charge in [0.1, 0.15) is 11.6 Å². The van der Waals surface area contributed by atoms with Crippen LogP contribution in [0, 0.1) is 18.3 Å². The lowest BCUT2D eigenvalue weighted by molar-refractivity contribution is 1.40. The summed E-state index contributed by atoms with van der Waals surface area (Å²) >= 11 is 0. The van der Waals surface area contributed by atoms with Gasteiger partial charge in [0.2, 0.25) is 0 Å². The number of allylic oxidation sites excluding steroid dienone is 2. The summed E-state index contributed by atoms with van der Waals surface area (Å²) < 4.78 is 0. The van der Waals surface area contributed by atoms with E-state index in [0.717, 1.165) is 11.1 Å². The summed E-state index contributed by atoms with van der Waals surface area (Å²) in [6.07, 6.45) is 5.14. The summed E-state index contributed by atoms with van der Waals surface area (Å²) in [5.41, 5.74) is 20.1. The standard InChI is InChI=1S/C12H14N4/c1-3-4-5-8-7(2)10(14)9(6-13)12(16)11(8)15/h3-5H,1,14-16H2,2H3/b5-4-. The first-order valence-corrected chi connectivity index (χ1v) is 4.70. The number of nitriles is 1. The average Bonchev–Trinajstić information content (AvgIpc) is 2.27. The molecule has 0 spiro atoms. The molecule has 0 amide bonds. The van der Waals surface area contributed by atoms with Gasteiger partial charge < -0.3 is 17.2 Å². The molecule has 0 aliphatic rings. The van der Waals surface area contributed by atoms with Gasteiger partial charge in [-0.05, 0) is 12.5 Å². The molecular formula is C12H14N4. The van der Waals surface area contributed by atoms with Crippen LogP contribution in [0.5, 0.6) is 0 Å². The van der Waals surface area contributed by atoms with Crippen molar-refractivity contribution in [2.75, 3.05) is 17.2 Å². The number of hydrogen-bond donors (Lipinski definition) is 3. The van der Waals surface area contributed by atoms with Gasteiger partial charge in [0.25, 0.3) is 0 Å². The summed E-state index contributed by atoms with van der Waals surface area (Å²) in [6.45, 7) is 5.37. The van der Waals surface area contributed by atoms with Crippen LogP contribution in [-0.4, -0.2) is 0 Å². The maximum Gasteiger partial charge on any atom is 0.104 e. The van der Waals surface area contributed by atoms with Crippen molar-refractivity contribution in [1.29, 1.82) is 5.26 Å². The topological polar surface area (TPSA) is 102 Å². The van der Waals surface area contributed by atoms with Crippen LogP contribution in [0.1, 0.15) is 16.7 Å². The van der Waals surface area contributed by atoms with Crippen molar-refractivity contribution in [2.45, 2.75) is 6.92 Å². The minimum absolute atomic E-state index is 0.231. The summed E-state index contributed by atoms with van der Waals surface area (Å²) in [5.74, 6) is 0. The molecule has 0 fully saturated rings. The summed E-state index contributed by atoms with van der Waals surface area (Å²) in [5, 5.41) is 8.92. The second kappa shape index (κ2) is 4.41. The van der Waals surface area contributed by atoms with E-state index in [2.05, 4.69) is 6.58 Å². The molecule has 0 atom stereocenters. The maximum atomic E-state index is 8.92. The smallest absolute Gasteiger partial charge is 0.104 e. The van der Waals surface area contributed by atoms with E-state index in [9.17, 15) is 0 Å². The van der Waals surface area contributed by atoms with Gasteiger partial charge in [-0.15, -0.1) is 0 Å². The van der Waals surface area contributed by atoms with Crippen LogP contribution >= 0.6 is 0 Å². The van der Waals surface area contributed by atoms with Gasteiger partial charge in [-0.2, -0.15) is 5.26 Å². The van der Waals surface area contributed by atoms with Crippen LogP contribution in [0.15, 0.2) is 18.7 Å². The van der Waals surface area contributed by atoms with Gasteiger partial charge in [0, 0.05) is 5.56 Å². The van der Waals surface area contributed by atoms with Gasteiger partial charge >= 0.3 is 0 Å². The molecule has 0 unspecified atom stereocenters. The maximum absolute atomic E-state index is 8.92. The SMILES string of the molecule is C=C/C=C\c1c(C)c(N)c(C#N)c(N)c1N. The zero-order valence-electron chi connectivity index (χ0n) is 9.12. The lowest BCUT2D eigenvalue weighted by atomic mass is 9.98. The first-order valence-electron chi connectivity index (χ1n) is 4.70. The van der Waals surface area contributed by atoms with Crippen LogP contribution in [0.2, 0.25) is 0 Å². The van der Waals surface area contributed by atoms with Crippen molar-refractivity contribution < 1.29 is 0 Å². The fourth-order valence-corrected chi connectivity index (χ4v) is 1.46. The highest BCUT2D eigenvalue weighted by molar-refractivity contribution is 5.88. The summed E-state index contributed by atoms with van der Waals surface area (Å²) in [4.78, 5) is 0. The van der Waals surface area contributed by atoms with Crippen molar-refractivity contribution >= 4 is 23.1 Å². The molecule has 0 aromatic heterocycles. The van der Waals surface area contributed by atoms with E-state index in [4.69, 9.17) is 22.5 Å². The Morgan fingerprint density at radius 2 is 1.81 bits per heavy atom. The Balaban J connectivity index is 3.61. The molecule has 1 rings (SSSR count). The Morgan fingerprint density at radius 1 is 1.19 bits per heavy atom. The third-order valence-corrected chi connectivity index (χ3v) is 2.44. The number of nitrogen functional groups attached to an aromatic ring is 3. The molecule has 0 saturated carbocycles. The summed E-state index contributed by atoms with van der Waals surface area (Å²) in [6, 6.07) is 1.95. The predicted molar refractivity (Wildman–Crippen MR) is 68.4 cm³/mol. The first kappa shape index (κ1) is 11.7. The van der Waals surface area contributed by atoms with E-state index in [1.165, 1.54) is 0 Å². The van der Waals surface area contributed by atoms with Crippen LogP contribution in [0.4, 0.5) is 17.1 Å². The van der Waals surface area contributed by atoms with Gasteiger partial charge in [-0.25, -0.2) is 0 Å². The Labute approximate surface area is 94.7 Å². The van der Waals surface area contributed by atoms with Gasteiger partial charge in [-0.3, -0.25) is 0 Å². The molecule has 4 nitrogen and oxygen atoms in total. The largest absolute Gasteiger partial charge is 0.397 e. The van der Waals surface area contributed by atoms with E-state index in [0.29, 0.717) is 11.4 Å². The quantitative estimate of drug-likeness (QED) is 0.516. The fourth-order valence-electron chi connectivity index (χ4n) is 1.46. The Hall–Kier alpha value is -2.41. The zero-order valence-corrected chi connectivity index (χ0v) is 9.12. The van der Waals surface area contributed by atoms with E-state index in [1.807, 2.05) is 6.07 Å². The van der Waals surface area contributed by atoms with Crippen LogP contribution in [-0.2, 0) is 0 Å². The van der Waals surface area contributed by atoms with E-state index >= 15 is 0 Å². The van der Waals surface area contributed by atoms with E-state index in [1.54, 1.807) is 25.2 Å². The minimum atomic E-state index is 0.231. The van der Waals surface area contributed by atoms with E-state index < -0.39 is 0 Å². The molecular weight excluding hydrogens is 200 g/mol. The lowest BCUT2D eigenvalue weighted by Gasteiger charge is -2.13. The molecule has 6 N–H and O–H groups in total. The van der Waals surface area contributed by atoms with Gasteiger partial charge in [0.05, 0.1) is 17.1 Å². The molecule has 82 valence electrons. The molecule has 0 aliphatic heterocycles. The van der Waals surface area contributed by atoms with Crippen LogP contribution < -0.4 is 17.2 Å². The normalized spacial score (nSPS) is 10.2. The predicted octanol–water partition coefficient (Wildman–Crippen LogP) is 1.81. The molecule has 4 heteroatoms. The molecule has 0 saturated heterocycles. The number of anilines is 3. The average molecular weight is 214 g/mol. The fraction of sp³-hybridized carbons (Fsp3) is 0.0833.